The van der Waals surface area contributed by atoms with Crippen LogP contribution in [0.5, 0.6) is 0 Å². The van der Waals surface area contributed by atoms with Crippen LogP contribution in [0.25, 0.3) is 11.4 Å². The van der Waals surface area contributed by atoms with Crippen molar-refractivity contribution in [2.45, 2.75) is 32.2 Å². The fourth-order valence-electron chi connectivity index (χ4n) is 2.45. The summed E-state index contributed by atoms with van der Waals surface area (Å²) in [4.78, 5) is 16.4. The molecular formula is C18H18ClN3O2S. The van der Waals surface area contributed by atoms with Gasteiger partial charge in [0.25, 0.3) is 0 Å². The number of amides is 1. The van der Waals surface area contributed by atoms with E-state index in [0.717, 1.165) is 12.0 Å². The van der Waals surface area contributed by atoms with Gasteiger partial charge in [0.1, 0.15) is 0 Å². The standard InChI is InChI=1S/C18H18ClN3O2S/c1-12(10-13-8-9-25-11-13)20-16(23)6-7-17-21-18(22-24-17)14-2-4-15(19)5-3-14/h2-5,8-9,11-12H,6-7,10H2,1H3,(H,20,23). The Balaban J connectivity index is 1.48. The van der Waals surface area contributed by atoms with E-state index in [1.807, 2.05) is 24.4 Å². The number of hydrogen-bond donors (Lipinski definition) is 1. The molecule has 0 radical (unpaired) electrons. The van der Waals surface area contributed by atoms with Gasteiger partial charge in [0.05, 0.1) is 0 Å². The third kappa shape index (κ3) is 5.14. The average Bonchev–Trinajstić information content (AvgIpc) is 3.25. The number of thiophene rings is 1. The predicted octanol–water partition coefficient (Wildman–Crippen LogP) is 4.13. The van der Waals surface area contributed by atoms with Gasteiger partial charge >= 0.3 is 0 Å². The minimum atomic E-state index is -0.0195. The van der Waals surface area contributed by atoms with Gasteiger partial charge in [0, 0.05) is 29.5 Å². The van der Waals surface area contributed by atoms with Gasteiger partial charge in [-0.3, -0.25) is 4.79 Å². The van der Waals surface area contributed by atoms with E-state index < -0.39 is 0 Å². The molecule has 5 nitrogen and oxygen atoms in total. The minimum Gasteiger partial charge on any atom is -0.353 e. The number of aromatic nitrogens is 2. The molecule has 0 aliphatic heterocycles. The monoisotopic (exact) mass is 375 g/mol. The fourth-order valence-corrected chi connectivity index (χ4v) is 3.26. The van der Waals surface area contributed by atoms with Crippen molar-refractivity contribution in [1.82, 2.24) is 15.5 Å². The van der Waals surface area contributed by atoms with Crippen molar-refractivity contribution in [3.05, 3.63) is 57.6 Å². The number of carbonyl (C=O) groups is 1. The fraction of sp³-hybridized carbons (Fsp3) is 0.278. The Hall–Kier alpha value is -2.18. The number of carbonyl (C=O) groups excluding carboxylic acids is 1. The van der Waals surface area contributed by atoms with Crippen molar-refractivity contribution >= 4 is 28.8 Å². The van der Waals surface area contributed by atoms with Crippen molar-refractivity contribution in [2.75, 3.05) is 0 Å². The van der Waals surface area contributed by atoms with Crippen molar-refractivity contribution in [1.29, 1.82) is 0 Å². The number of halogens is 1. The molecule has 0 aliphatic rings. The van der Waals surface area contributed by atoms with Gasteiger partial charge in [0.2, 0.25) is 17.6 Å². The zero-order valence-corrected chi connectivity index (χ0v) is 15.3. The Bertz CT molecular complexity index is 815. The number of aryl methyl sites for hydroxylation is 1. The van der Waals surface area contributed by atoms with Crippen LogP contribution in [-0.4, -0.2) is 22.1 Å². The van der Waals surface area contributed by atoms with E-state index >= 15 is 0 Å². The van der Waals surface area contributed by atoms with Gasteiger partial charge in [0.15, 0.2) is 0 Å². The van der Waals surface area contributed by atoms with E-state index in [0.29, 0.717) is 29.6 Å². The average molecular weight is 376 g/mol. The van der Waals surface area contributed by atoms with E-state index in [1.54, 1.807) is 23.5 Å². The Labute approximate surface area is 155 Å². The lowest BCUT2D eigenvalue weighted by Crippen LogP contribution is -2.34. The molecule has 25 heavy (non-hydrogen) atoms. The Morgan fingerprint density at radius 1 is 1.32 bits per heavy atom. The van der Waals surface area contributed by atoms with Crippen LogP contribution in [0.15, 0.2) is 45.6 Å². The molecule has 0 fully saturated rings. The topological polar surface area (TPSA) is 68.0 Å². The van der Waals surface area contributed by atoms with E-state index in [9.17, 15) is 4.79 Å². The molecule has 0 spiro atoms. The van der Waals surface area contributed by atoms with Crippen molar-refractivity contribution in [3.8, 4) is 11.4 Å². The van der Waals surface area contributed by atoms with Crippen molar-refractivity contribution in [3.63, 3.8) is 0 Å². The lowest BCUT2D eigenvalue weighted by atomic mass is 10.1. The lowest BCUT2D eigenvalue weighted by Gasteiger charge is -2.12. The highest BCUT2D eigenvalue weighted by atomic mass is 35.5. The molecule has 130 valence electrons. The summed E-state index contributed by atoms with van der Waals surface area (Å²) >= 11 is 7.53. The van der Waals surface area contributed by atoms with Crippen LogP contribution >= 0.6 is 22.9 Å². The second-order valence-electron chi connectivity index (χ2n) is 5.82. The summed E-state index contributed by atoms with van der Waals surface area (Å²) in [5.41, 5.74) is 2.07. The second-order valence-corrected chi connectivity index (χ2v) is 7.04. The SMILES string of the molecule is CC(Cc1ccsc1)NC(=O)CCc1nc(-c2ccc(Cl)cc2)no1. The Morgan fingerprint density at radius 2 is 2.12 bits per heavy atom. The third-order valence-electron chi connectivity index (χ3n) is 3.67. The van der Waals surface area contributed by atoms with Crippen LogP contribution in [0.4, 0.5) is 0 Å². The molecule has 1 N–H and O–H groups in total. The molecule has 3 rings (SSSR count). The molecular weight excluding hydrogens is 358 g/mol. The zero-order chi connectivity index (χ0) is 17.6. The molecule has 0 saturated carbocycles. The maximum Gasteiger partial charge on any atom is 0.227 e. The number of benzene rings is 1. The van der Waals surface area contributed by atoms with E-state index in [-0.39, 0.29) is 11.9 Å². The second kappa shape index (κ2) is 8.27. The molecule has 3 aromatic rings. The van der Waals surface area contributed by atoms with Gasteiger partial charge in [-0.2, -0.15) is 16.3 Å². The van der Waals surface area contributed by atoms with E-state index in [2.05, 4.69) is 26.9 Å². The van der Waals surface area contributed by atoms with Crippen molar-refractivity contribution in [2.24, 2.45) is 0 Å². The van der Waals surface area contributed by atoms with Crippen LogP contribution in [0.2, 0.25) is 5.02 Å². The molecule has 0 bridgehead atoms. The molecule has 1 aromatic carbocycles. The van der Waals surface area contributed by atoms with Gasteiger partial charge in [-0.05, 0) is 60.0 Å². The lowest BCUT2D eigenvalue weighted by molar-refractivity contribution is -0.121. The van der Waals surface area contributed by atoms with Crippen LogP contribution in [-0.2, 0) is 17.6 Å². The van der Waals surface area contributed by atoms with Gasteiger partial charge in [-0.1, -0.05) is 16.8 Å². The molecule has 7 heteroatoms. The molecule has 1 atom stereocenters. The number of rotatable bonds is 7. The smallest absolute Gasteiger partial charge is 0.227 e. The summed E-state index contributed by atoms with van der Waals surface area (Å²) in [5, 5.41) is 11.7. The normalized spacial score (nSPS) is 12.1. The highest BCUT2D eigenvalue weighted by molar-refractivity contribution is 7.07. The van der Waals surface area contributed by atoms with Gasteiger partial charge in [-0.25, -0.2) is 0 Å². The van der Waals surface area contributed by atoms with Crippen LogP contribution < -0.4 is 5.32 Å². The molecule has 2 aromatic heterocycles. The summed E-state index contributed by atoms with van der Waals surface area (Å²) < 4.78 is 5.22. The first-order valence-corrected chi connectivity index (χ1v) is 9.31. The zero-order valence-electron chi connectivity index (χ0n) is 13.7. The molecule has 0 saturated heterocycles. The summed E-state index contributed by atoms with van der Waals surface area (Å²) in [5.74, 6) is 0.928. The number of nitrogens with zero attached hydrogens (tertiary/aromatic N) is 2. The molecule has 2 heterocycles. The third-order valence-corrected chi connectivity index (χ3v) is 4.65. The maximum absolute atomic E-state index is 12.1. The van der Waals surface area contributed by atoms with Crippen LogP contribution in [0.3, 0.4) is 0 Å². The summed E-state index contributed by atoms with van der Waals surface area (Å²) in [6.45, 7) is 2.00. The molecule has 1 amide bonds. The Kier molecular flexibility index (Phi) is 5.83. The van der Waals surface area contributed by atoms with Gasteiger partial charge in [-0.15, -0.1) is 0 Å². The maximum atomic E-state index is 12.1. The van der Waals surface area contributed by atoms with Crippen molar-refractivity contribution < 1.29 is 9.32 Å². The molecule has 1 unspecified atom stereocenters. The summed E-state index contributed by atoms with van der Waals surface area (Å²) in [6.07, 6.45) is 1.56. The quantitative estimate of drug-likeness (QED) is 0.674. The highest BCUT2D eigenvalue weighted by Crippen LogP contribution is 2.19. The van der Waals surface area contributed by atoms with E-state index in [1.165, 1.54) is 5.56 Å². The predicted molar refractivity (Wildman–Crippen MR) is 98.7 cm³/mol. The van der Waals surface area contributed by atoms with Crippen LogP contribution in [0, 0.1) is 0 Å². The Morgan fingerprint density at radius 3 is 2.84 bits per heavy atom. The highest BCUT2D eigenvalue weighted by Gasteiger charge is 2.12. The first-order valence-electron chi connectivity index (χ1n) is 7.99. The first kappa shape index (κ1) is 17.6. The summed E-state index contributed by atoms with van der Waals surface area (Å²) in [7, 11) is 0. The summed E-state index contributed by atoms with van der Waals surface area (Å²) in [6, 6.07) is 9.37. The number of nitrogens with one attached hydrogen (secondary N) is 1. The number of hydrogen-bond acceptors (Lipinski definition) is 5. The molecule has 0 aliphatic carbocycles. The van der Waals surface area contributed by atoms with Gasteiger partial charge < -0.3 is 9.84 Å². The van der Waals surface area contributed by atoms with Crippen LogP contribution in [0.1, 0.15) is 24.8 Å². The largest absolute Gasteiger partial charge is 0.353 e. The first-order chi connectivity index (χ1) is 12.1. The van der Waals surface area contributed by atoms with E-state index in [4.69, 9.17) is 16.1 Å². The minimum absolute atomic E-state index is 0.0195.